The second-order valence-corrected chi connectivity index (χ2v) is 7.63. The molecule has 1 unspecified atom stereocenters. The third kappa shape index (κ3) is 2.88. The van der Waals surface area contributed by atoms with Gasteiger partial charge in [0.2, 0.25) is 5.91 Å². The van der Waals surface area contributed by atoms with Crippen molar-refractivity contribution >= 4 is 17.5 Å². The molecule has 1 atom stereocenters. The van der Waals surface area contributed by atoms with Gasteiger partial charge >= 0.3 is 0 Å². The van der Waals surface area contributed by atoms with Gasteiger partial charge < -0.3 is 14.5 Å². The monoisotopic (exact) mass is 384 g/mol. The van der Waals surface area contributed by atoms with E-state index in [0.29, 0.717) is 44.9 Å². The number of hydrogen-bond acceptors (Lipinski definition) is 5. The van der Waals surface area contributed by atoms with Gasteiger partial charge in [-0.15, -0.1) is 0 Å². The third-order valence-corrected chi connectivity index (χ3v) is 5.96. The molecular weight excluding hydrogens is 360 g/mol. The quantitative estimate of drug-likeness (QED) is 0.775. The Hall–Kier alpha value is -2.74. The average molecular weight is 384 g/mol. The van der Waals surface area contributed by atoms with Crippen LogP contribution in [0, 0.1) is 12.3 Å². The fraction of sp³-hybridized carbons (Fsp3) is 0.500. The lowest BCUT2D eigenvalue weighted by Gasteiger charge is -2.23. The Morgan fingerprint density at radius 2 is 2.04 bits per heavy atom. The van der Waals surface area contributed by atoms with E-state index in [9.17, 15) is 14.4 Å². The van der Waals surface area contributed by atoms with Gasteiger partial charge in [-0.05, 0) is 31.9 Å². The van der Waals surface area contributed by atoms with E-state index in [2.05, 4.69) is 4.98 Å². The Kier molecular flexibility index (Phi) is 4.66. The highest BCUT2D eigenvalue weighted by molar-refractivity contribution is 5.95. The lowest BCUT2D eigenvalue weighted by Crippen LogP contribution is -2.40. The van der Waals surface area contributed by atoms with E-state index >= 15 is 0 Å². The molecule has 8 nitrogen and oxygen atoms in total. The van der Waals surface area contributed by atoms with Crippen LogP contribution in [0.25, 0.3) is 5.65 Å². The summed E-state index contributed by atoms with van der Waals surface area (Å²) in [6, 6.07) is 5.37. The predicted molar refractivity (Wildman–Crippen MR) is 102 cm³/mol. The number of methoxy groups -OCH3 is 1. The van der Waals surface area contributed by atoms with E-state index in [0.717, 1.165) is 12.1 Å². The smallest absolute Gasteiger partial charge is 0.270 e. The summed E-state index contributed by atoms with van der Waals surface area (Å²) in [6.07, 6.45) is 2.71. The maximum absolute atomic E-state index is 13.1. The van der Waals surface area contributed by atoms with Crippen LogP contribution in [0.5, 0.6) is 0 Å². The summed E-state index contributed by atoms with van der Waals surface area (Å²) in [6.45, 7) is 4.39. The van der Waals surface area contributed by atoms with Gasteiger partial charge in [0.25, 0.3) is 11.5 Å². The number of amides is 2. The molecular formula is C20H24N4O4. The van der Waals surface area contributed by atoms with Gasteiger partial charge in [-0.3, -0.25) is 18.8 Å². The average Bonchev–Trinajstić information content (AvgIpc) is 3.25. The molecule has 2 aliphatic heterocycles. The molecule has 0 N–H and O–H groups in total. The van der Waals surface area contributed by atoms with E-state index in [1.807, 2.05) is 11.0 Å². The van der Waals surface area contributed by atoms with Crippen LogP contribution in [0.3, 0.4) is 0 Å². The van der Waals surface area contributed by atoms with Gasteiger partial charge in [0.1, 0.15) is 11.2 Å². The molecule has 2 amide bonds. The number of fused-ring (bicyclic) bond motifs is 1. The van der Waals surface area contributed by atoms with Crippen molar-refractivity contribution in [3.05, 3.63) is 46.0 Å². The minimum Gasteiger partial charge on any atom is -0.383 e. The fourth-order valence-corrected chi connectivity index (χ4v) is 4.32. The standard InChI is InChI=1S/C20H24N4O4/c1-14-4-3-5-16-21-12-15(18(26)24(14)16)17(25)23-9-7-20(13-23)6-8-22(19(20)27)10-11-28-2/h3-5,12H,6-11,13H2,1-2H3. The van der Waals surface area contributed by atoms with Crippen molar-refractivity contribution < 1.29 is 14.3 Å². The van der Waals surface area contributed by atoms with Crippen LogP contribution in [-0.4, -0.2) is 70.9 Å². The maximum atomic E-state index is 13.1. The summed E-state index contributed by atoms with van der Waals surface area (Å²) in [7, 11) is 1.62. The summed E-state index contributed by atoms with van der Waals surface area (Å²) < 4.78 is 6.53. The molecule has 2 aliphatic rings. The molecule has 28 heavy (non-hydrogen) atoms. The van der Waals surface area contributed by atoms with E-state index < -0.39 is 5.41 Å². The molecule has 148 valence electrons. The van der Waals surface area contributed by atoms with Crippen LogP contribution < -0.4 is 5.56 Å². The van der Waals surface area contributed by atoms with Crippen LogP contribution in [-0.2, 0) is 9.53 Å². The van der Waals surface area contributed by atoms with Crippen LogP contribution in [0.1, 0.15) is 28.9 Å². The fourth-order valence-electron chi connectivity index (χ4n) is 4.32. The van der Waals surface area contributed by atoms with Gasteiger partial charge in [0.05, 0.1) is 12.0 Å². The first kappa shape index (κ1) is 18.6. The molecule has 0 aromatic carbocycles. The van der Waals surface area contributed by atoms with Crippen LogP contribution >= 0.6 is 0 Å². The van der Waals surface area contributed by atoms with Crippen molar-refractivity contribution in [2.24, 2.45) is 5.41 Å². The summed E-state index contributed by atoms with van der Waals surface area (Å²) >= 11 is 0. The largest absolute Gasteiger partial charge is 0.383 e. The maximum Gasteiger partial charge on any atom is 0.270 e. The molecule has 0 bridgehead atoms. The zero-order chi connectivity index (χ0) is 19.9. The Morgan fingerprint density at radius 3 is 2.82 bits per heavy atom. The summed E-state index contributed by atoms with van der Waals surface area (Å²) in [5, 5.41) is 0. The number of aryl methyl sites for hydroxylation is 1. The lowest BCUT2D eigenvalue weighted by molar-refractivity contribution is -0.135. The zero-order valence-electron chi connectivity index (χ0n) is 16.2. The third-order valence-electron chi connectivity index (χ3n) is 5.96. The number of pyridine rings is 1. The molecule has 2 aromatic rings. The number of likely N-dealkylation sites (tertiary alicyclic amines) is 2. The van der Waals surface area contributed by atoms with Gasteiger partial charge in [-0.1, -0.05) is 6.07 Å². The van der Waals surface area contributed by atoms with E-state index in [-0.39, 0.29) is 22.9 Å². The first-order valence-corrected chi connectivity index (χ1v) is 9.52. The second kappa shape index (κ2) is 7.01. The molecule has 8 heteroatoms. The Morgan fingerprint density at radius 1 is 1.25 bits per heavy atom. The summed E-state index contributed by atoms with van der Waals surface area (Å²) in [5.41, 5.74) is 0.389. The Balaban J connectivity index is 1.57. The van der Waals surface area contributed by atoms with Crippen molar-refractivity contribution in [1.29, 1.82) is 0 Å². The highest BCUT2D eigenvalue weighted by Crippen LogP contribution is 2.40. The highest BCUT2D eigenvalue weighted by Gasteiger charge is 2.51. The first-order valence-electron chi connectivity index (χ1n) is 9.52. The van der Waals surface area contributed by atoms with Gasteiger partial charge in [-0.25, -0.2) is 4.98 Å². The molecule has 2 saturated heterocycles. The molecule has 1 spiro atoms. The highest BCUT2D eigenvalue weighted by atomic mass is 16.5. The number of nitrogens with zero attached hydrogens (tertiary/aromatic N) is 4. The van der Waals surface area contributed by atoms with Crippen molar-refractivity contribution in [2.75, 3.05) is 39.9 Å². The molecule has 0 saturated carbocycles. The number of carbonyl (C=O) groups is 2. The summed E-state index contributed by atoms with van der Waals surface area (Å²) in [5.74, 6) is -0.265. The molecule has 2 aromatic heterocycles. The number of carbonyl (C=O) groups excluding carboxylic acids is 2. The minimum absolute atomic E-state index is 0.0468. The number of ether oxygens (including phenoxy) is 1. The lowest BCUT2D eigenvalue weighted by atomic mass is 9.85. The van der Waals surface area contributed by atoms with Crippen molar-refractivity contribution in [3.63, 3.8) is 0 Å². The van der Waals surface area contributed by atoms with Crippen molar-refractivity contribution in [3.8, 4) is 0 Å². The van der Waals surface area contributed by atoms with Crippen molar-refractivity contribution in [1.82, 2.24) is 19.2 Å². The predicted octanol–water partition coefficient (Wildman–Crippen LogP) is 0.714. The molecule has 0 aliphatic carbocycles. The number of rotatable bonds is 4. The van der Waals surface area contributed by atoms with Crippen LogP contribution in [0.15, 0.2) is 29.2 Å². The first-order chi connectivity index (χ1) is 13.5. The van der Waals surface area contributed by atoms with Gasteiger partial charge in [0.15, 0.2) is 0 Å². The number of hydrogen-bond donors (Lipinski definition) is 0. The Labute approximate surface area is 162 Å². The van der Waals surface area contributed by atoms with Gasteiger partial charge in [0, 0.05) is 45.2 Å². The molecule has 2 fully saturated rings. The van der Waals surface area contributed by atoms with Crippen LogP contribution in [0.2, 0.25) is 0 Å². The zero-order valence-corrected chi connectivity index (χ0v) is 16.2. The minimum atomic E-state index is -0.528. The van der Waals surface area contributed by atoms with E-state index in [4.69, 9.17) is 4.74 Å². The SMILES string of the molecule is COCCN1CCC2(CCN(C(=O)c3cnc4cccc(C)n4c3=O)C2)C1=O. The Bertz CT molecular complexity index is 1000. The van der Waals surface area contributed by atoms with Crippen molar-refractivity contribution in [2.45, 2.75) is 19.8 Å². The number of aromatic nitrogens is 2. The second-order valence-electron chi connectivity index (χ2n) is 7.63. The molecule has 0 radical (unpaired) electrons. The van der Waals surface area contributed by atoms with E-state index in [1.165, 1.54) is 10.6 Å². The van der Waals surface area contributed by atoms with Crippen LogP contribution in [0.4, 0.5) is 0 Å². The molecule has 4 rings (SSSR count). The van der Waals surface area contributed by atoms with Gasteiger partial charge in [-0.2, -0.15) is 0 Å². The molecule has 4 heterocycles. The normalized spacial score (nSPS) is 22.0. The summed E-state index contributed by atoms with van der Waals surface area (Å²) in [4.78, 5) is 46.5. The van der Waals surface area contributed by atoms with E-state index in [1.54, 1.807) is 31.1 Å². The topological polar surface area (TPSA) is 84.2 Å².